The Labute approximate surface area is 118 Å². The van der Waals surface area contributed by atoms with E-state index >= 15 is 0 Å². The van der Waals surface area contributed by atoms with Crippen molar-refractivity contribution in [1.29, 1.82) is 0 Å². The highest BCUT2D eigenvalue weighted by Gasteiger charge is 2.46. The van der Waals surface area contributed by atoms with E-state index in [1.165, 1.54) is 0 Å². The topological polar surface area (TPSA) is 50.9 Å². The zero-order valence-electron chi connectivity index (χ0n) is 12.0. The number of hydrogen-bond acceptors (Lipinski definition) is 3. The van der Waals surface area contributed by atoms with Gasteiger partial charge in [-0.15, -0.1) is 5.10 Å². The Balaban J connectivity index is 2.17. The quantitative estimate of drug-likeness (QED) is 0.866. The molecule has 1 aliphatic rings. The molecule has 2 aromatic rings. The Morgan fingerprint density at radius 2 is 1.95 bits per heavy atom. The Hall–Kier alpha value is -1.94. The van der Waals surface area contributed by atoms with Crippen LogP contribution in [0.3, 0.4) is 0 Å². The number of fused-ring (bicyclic) bond motifs is 1. The Kier molecular flexibility index (Phi) is 2.80. The summed E-state index contributed by atoms with van der Waals surface area (Å²) in [6.45, 7) is 6.09. The standard InChI is InChI=1S/C16H19N3O/c1-15(2,3)16(20)11-7-6-10-14(16)19-13-9-5-4-8-12(13)17-18-19/h4-11,14,20H,1-3H3. The van der Waals surface area contributed by atoms with Gasteiger partial charge in [-0.3, -0.25) is 0 Å². The third kappa shape index (κ3) is 1.79. The lowest BCUT2D eigenvalue weighted by atomic mass is 9.70. The fourth-order valence-electron chi connectivity index (χ4n) is 2.67. The smallest absolute Gasteiger partial charge is 0.114 e. The second-order valence-corrected chi connectivity index (χ2v) is 6.29. The zero-order chi connectivity index (χ0) is 14.4. The fourth-order valence-corrected chi connectivity index (χ4v) is 2.67. The van der Waals surface area contributed by atoms with Gasteiger partial charge < -0.3 is 5.11 Å². The maximum atomic E-state index is 11.2. The molecule has 1 N–H and O–H groups in total. The SMILES string of the molecule is CC(C)(C)C1(O)C=CC=CC1n1nnc2ccccc21. The van der Waals surface area contributed by atoms with Crippen LogP contribution in [-0.4, -0.2) is 25.7 Å². The van der Waals surface area contributed by atoms with Crippen molar-refractivity contribution in [2.45, 2.75) is 32.4 Å². The summed E-state index contributed by atoms with van der Waals surface area (Å²) in [7, 11) is 0. The molecule has 0 bridgehead atoms. The molecule has 1 heterocycles. The van der Waals surface area contributed by atoms with Gasteiger partial charge in [0.1, 0.15) is 17.2 Å². The molecule has 0 amide bonds. The zero-order valence-corrected chi connectivity index (χ0v) is 12.0. The molecule has 3 rings (SSSR count). The summed E-state index contributed by atoms with van der Waals surface area (Å²) in [6, 6.07) is 7.54. The van der Waals surface area contributed by atoms with Crippen molar-refractivity contribution >= 4 is 11.0 Å². The molecule has 2 unspecified atom stereocenters. The third-order valence-electron chi connectivity index (χ3n) is 4.05. The Bertz CT molecular complexity index is 693. The monoisotopic (exact) mass is 269 g/mol. The first-order valence-corrected chi connectivity index (χ1v) is 6.82. The summed E-state index contributed by atoms with van der Waals surface area (Å²) >= 11 is 0. The van der Waals surface area contributed by atoms with Crippen molar-refractivity contribution in [2.24, 2.45) is 5.41 Å². The lowest BCUT2D eigenvalue weighted by Crippen LogP contribution is -2.48. The largest absolute Gasteiger partial charge is 0.383 e. The van der Waals surface area contributed by atoms with Crippen molar-refractivity contribution in [3.63, 3.8) is 0 Å². The number of rotatable bonds is 1. The minimum absolute atomic E-state index is 0.264. The van der Waals surface area contributed by atoms with E-state index in [1.807, 2.05) is 69.3 Å². The molecule has 0 spiro atoms. The molecule has 0 aliphatic heterocycles. The average molecular weight is 269 g/mol. The number of para-hydroxylation sites is 1. The predicted octanol–water partition coefficient (Wildman–Crippen LogP) is 2.88. The molecule has 0 radical (unpaired) electrons. The van der Waals surface area contributed by atoms with E-state index < -0.39 is 5.60 Å². The number of aliphatic hydroxyl groups is 1. The van der Waals surface area contributed by atoms with Gasteiger partial charge in [-0.25, -0.2) is 4.68 Å². The van der Waals surface area contributed by atoms with Crippen LogP contribution >= 0.6 is 0 Å². The normalized spacial score (nSPS) is 26.3. The van der Waals surface area contributed by atoms with Crippen LogP contribution in [-0.2, 0) is 0 Å². The minimum Gasteiger partial charge on any atom is -0.383 e. The molecule has 4 nitrogen and oxygen atoms in total. The molecule has 4 heteroatoms. The summed E-state index contributed by atoms with van der Waals surface area (Å²) in [5.41, 5.74) is 0.455. The van der Waals surface area contributed by atoms with Crippen LogP contribution in [0.4, 0.5) is 0 Å². The number of hydrogen-bond donors (Lipinski definition) is 1. The van der Waals surface area contributed by atoms with Gasteiger partial charge in [-0.05, 0) is 17.5 Å². The van der Waals surface area contributed by atoms with Crippen LogP contribution in [0.15, 0.2) is 48.6 Å². The maximum Gasteiger partial charge on any atom is 0.114 e. The van der Waals surface area contributed by atoms with Gasteiger partial charge in [0.15, 0.2) is 0 Å². The average Bonchev–Trinajstić information content (AvgIpc) is 2.82. The third-order valence-corrected chi connectivity index (χ3v) is 4.05. The van der Waals surface area contributed by atoms with Crippen molar-refractivity contribution in [2.75, 3.05) is 0 Å². The highest BCUT2D eigenvalue weighted by Crippen LogP contribution is 2.43. The summed E-state index contributed by atoms with van der Waals surface area (Å²) in [5, 5.41) is 19.6. The van der Waals surface area contributed by atoms with Crippen LogP contribution in [0.1, 0.15) is 26.8 Å². The highest BCUT2D eigenvalue weighted by molar-refractivity contribution is 5.74. The molecular formula is C16H19N3O. The van der Waals surface area contributed by atoms with Gasteiger partial charge in [0.2, 0.25) is 0 Å². The number of aromatic nitrogens is 3. The molecule has 1 aromatic heterocycles. The first-order valence-electron chi connectivity index (χ1n) is 6.82. The first kappa shape index (κ1) is 13.1. The Morgan fingerprint density at radius 1 is 1.20 bits per heavy atom. The molecular weight excluding hydrogens is 250 g/mol. The lowest BCUT2D eigenvalue weighted by molar-refractivity contribution is -0.0465. The van der Waals surface area contributed by atoms with Gasteiger partial charge in [0.25, 0.3) is 0 Å². The van der Waals surface area contributed by atoms with Crippen molar-refractivity contribution in [3.8, 4) is 0 Å². The van der Waals surface area contributed by atoms with E-state index in [2.05, 4.69) is 10.3 Å². The summed E-state index contributed by atoms with van der Waals surface area (Å²) < 4.78 is 1.81. The Morgan fingerprint density at radius 3 is 2.70 bits per heavy atom. The second-order valence-electron chi connectivity index (χ2n) is 6.29. The van der Waals surface area contributed by atoms with Crippen molar-refractivity contribution in [3.05, 3.63) is 48.6 Å². The molecule has 1 aliphatic carbocycles. The molecule has 20 heavy (non-hydrogen) atoms. The predicted molar refractivity (Wildman–Crippen MR) is 79.2 cm³/mol. The highest BCUT2D eigenvalue weighted by atomic mass is 16.3. The second kappa shape index (κ2) is 4.28. The molecule has 1 aromatic carbocycles. The van der Waals surface area contributed by atoms with Crippen LogP contribution in [0.2, 0.25) is 0 Å². The summed E-state index contributed by atoms with van der Waals surface area (Å²) in [4.78, 5) is 0. The fraction of sp³-hybridized carbons (Fsp3) is 0.375. The molecule has 2 atom stereocenters. The van der Waals surface area contributed by atoms with Crippen LogP contribution < -0.4 is 0 Å². The van der Waals surface area contributed by atoms with Gasteiger partial charge in [-0.1, -0.05) is 62.4 Å². The molecule has 0 saturated heterocycles. The molecule has 0 saturated carbocycles. The van der Waals surface area contributed by atoms with Crippen molar-refractivity contribution in [1.82, 2.24) is 15.0 Å². The van der Waals surface area contributed by atoms with E-state index in [0.717, 1.165) is 11.0 Å². The van der Waals surface area contributed by atoms with E-state index in [1.54, 1.807) is 4.68 Å². The first-order chi connectivity index (χ1) is 9.43. The molecule has 104 valence electrons. The maximum absolute atomic E-state index is 11.2. The summed E-state index contributed by atoms with van der Waals surface area (Å²) in [5.74, 6) is 0. The van der Waals surface area contributed by atoms with Gasteiger partial charge >= 0.3 is 0 Å². The molecule has 0 fully saturated rings. The van der Waals surface area contributed by atoms with Crippen LogP contribution in [0.5, 0.6) is 0 Å². The van der Waals surface area contributed by atoms with Gasteiger partial charge in [0, 0.05) is 0 Å². The van der Waals surface area contributed by atoms with E-state index in [-0.39, 0.29) is 11.5 Å². The summed E-state index contributed by atoms with van der Waals surface area (Å²) in [6.07, 6.45) is 7.67. The number of allylic oxidation sites excluding steroid dienone is 2. The lowest BCUT2D eigenvalue weighted by Gasteiger charge is -2.43. The minimum atomic E-state index is -1.00. The van der Waals surface area contributed by atoms with E-state index in [0.29, 0.717) is 0 Å². The van der Waals surface area contributed by atoms with Crippen molar-refractivity contribution < 1.29 is 5.11 Å². The van der Waals surface area contributed by atoms with E-state index in [9.17, 15) is 5.11 Å². The van der Waals surface area contributed by atoms with Gasteiger partial charge in [0.05, 0.1) is 5.52 Å². The van der Waals surface area contributed by atoms with Crippen LogP contribution in [0, 0.1) is 5.41 Å². The number of benzene rings is 1. The van der Waals surface area contributed by atoms with Crippen LogP contribution in [0.25, 0.3) is 11.0 Å². The van der Waals surface area contributed by atoms with E-state index in [4.69, 9.17) is 0 Å². The number of nitrogens with zero attached hydrogens (tertiary/aromatic N) is 3. The van der Waals surface area contributed by atoms with Gasteiger partial charge in [-0.2, -0.15) is 0 Å².